The van der Waals surface area contributed by atoms with Crippen molar-refractivity contribution in [1.82, 2.24) is 10.2 Å². The highest BCUT2D eigenvalue weighted by Gasteiger charge is 2.10. The number of methoxy groups -OCH3 is 2. The second-order valence-corrected chi connectivity index (χ2v) is 4.02. The third-order valence-electron chi connectivity index (χ3n) is 2.82. The van der Waals surface area contributed by atoms with Crippen molar-refractivity contribution >= 4 is 16.9 Å². The molecule has 0 radical (unpaired) electrons. The Morgan fingerprint density at radius 3 is 2.94 bits per heavy atom. The van der Waals surface area contributed by atoms with Crippen LogP contribution in [0.3, 0.4) is 0 Å². The Hall–Kier alpha value is -1.88. The van der Waals surface area contributed by atoms with Crippen LogP contribution in [0, 0.1) is 0 Å². The van der Waals surface area contributed by atoms with Crippen molar-refractivity contribution in [2.45, 2.75) is 12.8 Å². The summed E-state index contributed by atoms with van der Waals surface area (Å²) in [7, 11) is 3.06. The van der Waals surface area contributed by atoms with Crippen molar-refractivity contribution in [2.24, 2.45) is 0 Å². The van der Waals surface area contributed by atoms with Crippen LogP contribution in [0.15, 0.2) is 18.2 Å². The molecule has 0 fully saturated rings. The van der Waals surface area contributed by atoms with E-state index in [4.69, 9.17) is 4.74 Å². The fourth-order valence-electron chi connectivity index (χ4n) is 1.90. The number of esters is 1. The molecule has 0 aliphatic rings. The first-order valence-electron chi connectivity index (χ1n) is 5.80. The van der Waals surface area contributed by atoms with E-state index < -0.39 is 0 Å². The predicted molar refractivity (Wildman–Crippen MR) is 67.6 cm³/mol. The first-order valence-corrected chi connectivity index (χ1v) is 5.80. The van der Waals surface area contributed by atoms with Crippen LogP contribution in [0.4, 0.5) is 0 Å². The van der Waals surface area contributed by atoms with Gasteiger partial charge in [-0.25, -0.2) is 4.79 Å². The quantitative estimate of drug-likeness (QED) is 0.648. The third kappa shape index (κ3) is 2.51. The number of rotatable bonds is 5. The molecule has 1 aromatic carbocycles. The SMILES string of the molecule is COCCCc1n[nH]c2cc(C(=O)OC)ccc12. The van der Waals surface area contributed by atoms with E-state index in [0.717, 1.165) is 29.4 Å². The minimum absolute atomic E-state index is 0.340. The fraction of sp³-hybridized carbons (Fsp3) is 0.385. The molecule has 96 valence electrons. The van der Waals surface area contributed by atoms with E-state index in [1.807, 2.05) is 6.07 Å². The predicted octanol–water partition coefficient (Wildman–Crippen LogP) is 1.93. The molecule has 5 heteroatoms. The molecule has 2 rings (SSSR count). The molecule has 0 amide bonds. The Kier molecular flexibility index (Phi) is 3.94. The second-order valence-electron chi connectivity index (χ2n) is 4.02. The highest BCUT2D eigenvalue weighted by molar-refractivity contribution is 5.94. The van der Waals surface area contributed by atoms with E-state index in [-0.39, 0.29) is 5.97 Å². The molecule has 1 heterocycles. The molecule has 0 saturated heterocycles. The largest absolute Gasteiger partial charge is 0.465 e. The Morgan fingerprint density at radius 1 is 1.39 bits per heavy atom. The molecule has 0 bridgehead atoms. The molecule has 2 aromatic rings. The number of ether oxygens (including phenoxy) is 2. The summed E-state index contributed by atoms with van der Waals surface area (Å²) >= 11 is 0. The van der Waals surface area contributed by atoms with Gasteiger partial charge in [-0.2, -0.15) is 5.10 Å². The van der Waals surface area contributed by atoms with Gasteiger partial charge in [-0.3, -0.25) is 5.10 Å². The van der Waals surface area contributed by atoms with Gasteiger partial charge >= 0.3 is 5.97 Å². The van der Waals surface area contributed by atoms with E-state index in [1.165, 1.54) is 7.11 Å². The highest BCUT2D eigenvalue weighted by atomic mass is 16.5. The summed E-state index contributed by atoms with van der Waals surface area (Å²) in [6.45, 7) is 0.717. The molecule has 18 heavy (non-hydrogen) atoms. The number of hydrogen-bond acceptors (Lipinski definition) is 4. The highest BCUT2D eigenvalue weighted by Crippen LogP contribution is 2.19. The van der Waals surface area contributed by atoms with Gasteiger partial charge in [0.05, 0.1) is 23.9 Å². The first-order chi connectivity index (χ1) is 8.76. The summed E-state index contributed by atoms with van der Waals surface area (Å²) in [5.41, 5.74) is 2.38. The van der Waals surface area contributed by atoms with E-state index >= 15 is 0 Å². The van der Waals surface area contributed by atoms with Gasteiger partial charge in [-0.05, 0) is 25.0 Å². The van der Waals surface area contributed by atoms with Crippen LogP contribution < -0.4 is 0 Å². The zero-order valence-corrected chi connectivity index (χ0v) is 10.5. The summed E-state index contributed by atoms with van der Waals surface area (Å²) in [6.07, 6.45) is 1.78. The van der Waals surface area contributed by atoms with Gasteiger partial charge in [0, 0.05) is 19.1 Å². The fourth-order valence-corrected chi connectivity index (χ4v) is 1.90. The molecule has 0 saturated carbocycles. The molecule has 1 aromatic heterocycles. The summed E-state index contributed by atoms with van der Waals surface area (Å²) < 4.78 is 9.70. The van der Waals surface area contributed by atoms with Crippen molar-refractivity contribution in [3.8, 4) is 0 Å². The van der Waals surface area contributed by atoms with Crippen LogP contribution in [0.1, 0.15) is 22.5 Å². The molecule has 0 aliphatic carbocycles. The molecule has 0 atom stereocenters. The summed E-state index contributed by atoms with van der Waals surface area (Å²) in [5.74, 6) is -0.340. The molecule has 1 N–H and O–H groups in total. The lowest BCUT2D eigenvalue weighted by Gasteiger charge is -2.00. The van der Waals surface area contributed by atoms with E-state index in [0.29, 0.717) is 12.2 Å². The topological polar surface area (TPSA) is 64.2 Å². The van der Waals surface area contributed by atoms with E-state index in [1.54, 1.807) is 19.2 Å². The normalized spacial score (nSPS) is 10.8. The average molecular weight is 248 g/mol. The number of carbonyl (C=O) groups is 1. The maximum absolute atomic E-state index is 11.4. The molecular weight excluding hydrogens is 232 g/mol. The zero-order valence-electron chi connectivity index (χ0n) is 10.5. The summed E-state index contributed by atoms with van der Waals surface area (Å²) in [5, 5.41) is 8.24. The van der Waals surface area contributed by atoms with Gasteiger partial charge in [0.25, 0.3) is 0 Å². The summed E-state index contributed by atoms with van der Waals surface area (Å²) in [6, 6.07) is 5.41. The minimum atomic E-state index is -0.340. The number of aromatic nitrogens is 2. The Morgan fingerprint density at radius 2 is 2.22 bits per heavy atom. The van der Waals surface area contributed by atoms with Gasteiger partial charge in [-0.15, -0.1) is 0 Å². The monoisotopic (exact) mass is 248 g/mol. The Bertz CT molecular complexity index is 548. The molecule has 0 unspecified atom stereocenters. The maximum Gasteiger partial charge on any atom is 0.337 e. The maximum atomic E-state index is 11.4. The molecule has 0 aliphatic heterocycles. The number of H-pyrrole nitrogens is 1. The number of nitrogens with one attached hydrogen (secondary N) is 1. The third-order valence-corrected chi connectivity index (χ3v) is 2.82. The van der Waals surface area contributed by atoms with Crippen LogP contribution in [-0.4, -0.2) is 37.0 Å². The van der Waals surface area contributed by atoms with Crippen LogP contribution in [0.2, 0.25) is 0 Å². The van der Waals surface area contributed by atoms with Gasteiger partial charge in [0.15, 0.2) is 0 Å². The van der Waals surface area contributed by atoms with Crippen molar-refractivity contribution in [1.29, 1.82) is 0 Å². The number of aromatic amines is 1. The Labute approximate surface area is 105 Å². The lowest BCUT2D eigenvalue weighted by atomic mass is 10.1. The van der Waals surface area contributed by atoms with Gasteiger partial charge in [0.1, 0.15) is 0 Å². The van der Waals surface area contributed by atoms with Gasteiger partial charge < -0.3 is 9.47 Å². The molecule has 0 spiro atoms. The first kappa shape index (κ1) is 12.6. The second kappa shape index (κ2) is 5.64. The van der Waals surface area contributed by atoms with Crippen molar-refractivity contribution in [3.05, 3.63) is 29.5 Å². The zero-order chi connectivity index (χ0) is 13.0. The van der Waals surface area contributed by atoms with Crippen molar-refractivity contribution in [2.75, 3.05) is 20.8 Å². The van der Waals surface area contributed by atoms with Gasteiger partial charge in [-0.1, -0.05) is 6.07 Å². The van der Waals surface area contributed by atoms with E-state index in [9.17, 15) is 4.79 Å². The molecular formula is C13H16N2O3. The summed E-state index contributed by atoms with van der Waals surface area (Å²) in [4.78, 5) is 11.4. The average Bonchev–Trinajstić information content (AvgIpc) is 2.80. The number of aryl methyl sites for hydroxylation is 1. The van der Waals surface area contributed by atoms with Crippen LogP contribution in [0.25, 0.3) is 10.9 Å². The lowest BCUT2D eigenvalue weighted by Crippen LogP contribution is -2.00. The van der Waals surface area contributed by atoms with Gasteiger partial charge in [0.2, 0.25) is 0 Å². The van der Waals surface area contributed by atoms with Crippen LogP contribution in [0.5, 0.6) is 0 Å². The van der Waals surface area contributed by atoms with Crippen molar-refractivity contribution in [3.63, 3.8) is 0 Å². The number of hydrogen-bond donors (Lipinski definition) is 1. The number of fused-ring (bicyclic) bond motifs is 1. The number of benzene rings is 1. The Balaban J connectivity index is 2.23. The smallest absolute Gasteiger partial charge is 0.337 e. The lowest BCUT2D eigenvalue weighted by molar-refractivity contribution is 0.0601. The number of carbonyl (C=O) groups excluding carboxylic acids is 1. The number of nitrogens with zero attached hydrogens (tertiary/aromatic N) is 1. The van der Waals surface area contributed by atoms with Crippen LogP contribution in [-0.2, 0) is 15.9 Å². The molecule has 5 nitrogen and oxygen atoms in total. The van der Waals surface area contributed by atoms with Crippen molar-refractivity contribution < 1.29 is 14.3 Å². The van der Waals surface area contributed by atoms with E-state index in [2.05, 4.69) is 14.9 Å². The minimum Gasteiger partial charge on any atom is -0.465 e. The van der Waals surface area contributed by atoms with Crippen LogP contribution >= 0.6 is 0 Å². The standard InChI is InChI=1S/C13H16N2O3/c1-17-7-3-4-11-10-6-5-9(13(16)18-2)8-12(10)15-14-11/h5-6,8H,3-4,7H2,1-2H3,(H,14,15).